The first-order chi connectivity index (χ1) is 17.5. The minimum absolute atomic E-state index is 0.108. The molecule has 0 spiro atoms. The van der Waals surface area contributed by atoms with E-state index in [1.165, 1.54) is 0 Å². The summed E-state index contributed by atoms with van der Waals surface area (Å²) in [5.74, 6) is 1.86. The van der Waals surface area contributed by atoms with Gasteiger partial charge in [-0.2, -0.15) is 14.9 Å². The Balaban J connectivity index is 1.57. The Hall–Kier alpha value is -4.27. The Bertz CT molecular complexity index is 1410. The second kappa shape index (κ2) is 9.77. The summed E-state index contributed by atoms with van der Waals surface area (Å²) in [5.41, 5.74) is 5.42. The van der Waals surface area contributed by atoms with E-state index in [1.54, 1.807) is 18.0 Å². The molecule has 0 fully saturated rings. The number of nitrogens with zero attached hydrogens (tertiary/aromatic N) is 5. The number of methoxy groups -OCH3 is 1. The first kappa shape index (κ1) is 23.5. The molecule has 9 heteroatoms. The largest absolute Gasteiger partial charge is 0.493 e. The number of aryl methyl sites for hydroxylation is 2. The van der Waals surface area contributed by atoms with Crippen LogP contribution in [0.5, 0.6) is 11.5 Å². The summed E-state index contributed by atoms with van der Waals surface area (Å²) in [5, 5.41) is 16.1. The molecule has 0 aliphatic carbocycles. The molecule has 2 aromatic heterocycles. The van der Waals surface area contributed by atoms with Crippen LogP contribution >= 0.6 is 0 Å². The summed E-state index contributed by atoms with van der Waals surface area (Å²) in [7, 11) is 1.62. The number of aromatic nitrogens is 5. The van der Waals surface area contributed by atoms with E-state index in [0.717, 1.165) is 34.4 Å². The fraction of sp³-hybridized carbons (Fsp3) is 0.296. The van der Waals surface area contributed by atoms with Crippen molar-refractivity contribution in [2.45, 2.75) is 39.5 Å². The van der Waals surface area contributed by atoms with Gasteiger partial charge in [0.1, 0.15) is 5.82 Å². The molecule has 0 unspecified atom stereocenters. The maximum absolute atomic E-state index is 12.8. The van der Waals surface area contributed by atoms with Crippen LogP contribution in [0.25, 0.3) is 17.2 Å². The predicted molar refractivity (Wildman–Crippen MR) is 136 cm³/mol. The van der Waals surface area contributed by atoms with E-state index in [-0.39, 0.29) is 11.8 Å². The molecular formula is C27H28N6O3. The second-order valence-corrected chi connectivity index (χ2v) is 8.83. The topological polar surface area (TPSA) is 104 Å². The maximum atomic E-state index is 12.8. The lowest BCUT2D eigenvalue weighted by Crippen LogP contribution is -2.25. The summed E-state index contributed by atoms with van der Waals surface area (Å²) < 4.78 is 13.0. The standard InChI is InChI=1S/C27H28N6O3/c1-5-12-36-23-13-19(10-11-22(23)35-4)20-14-24(34)30-26-25(20)17(3)32-33(26)27-29-21(15-28-31-27)18-8-6-16(2)7-9-18/h6-11,13,15,20H,5,12,14H2,1-4H3,(H,30,34)/t20-/m0/s1. The zero-order chi connectivity index (χ0) is 25.2. The van der Waals surface area contributed by atoms with E-state index in [0.29, 0.717) is 42.0 Å². The fourth-order valence-electron chi connectivity index (χ4n) is 4.46. The molecule has 1 amide bonds. The van der Waals surface area contributed by atoms with Gasteiger partial charge in [0, 0.05) is 23.5 Å². The van der Waals surface area contributed by atoms with Gasteiger partial charge in [-0.25, -0.2) is 4.98 Å². The lowest BCUT2D eigenvalue weighted by Gasteiger charge is -2.25. The number of rotatable bonds is 7. The third-order valence-corrected chi connectivity index (χ3v) is 6.24. The van der Waals surface area contributed by atoms with Crippen LogP contribution < -0.4 is 14.8 Å². The summed E-state index contributed by atoms with van der Waals surface area (Å²) in [6, 6.07) is 13.8. The summed E-state index contributed by atoms with van der Waals surface area (Å²) in [6.45, 7) is 6.59. The van der Waals surface area contributed by atoms with Gasteiger partial charge in [0.25, 0.3) is 5.95 Å². The second-order valence-electron chi connectivity index (χ2n) is 8.83. The molecule has 3 heterocycles. The van der Waals surface area contributed by atoms with E-state index >= 15 is 0 Å². The van der Waals surface area contributed by atoms with Crippen molar-refractivity contribution in [3.8, 4) is 28.7 Å². The quantitative estimate of drug-likeness (QED) is 0.408. The zero-order valence-corrected chi connectivity index (χ0v) is 20.8. The van der Waals surface area contributed by atoms with Gasteiger partial charge in [-0.15, -0.1) is 5.10 Å². The van der Waals surface area contributed by atoms with Gasteiger partial charge >= 0.3 is 0 Å². The number of hydrogen-bond acceptors (Lipinski definition) is 7. The molecule has 36 heavy (non-hydrogen) atoms. The summed E-state index contributed by atoms with van der Waals surface area (Å²) in [6.07, 6.45) is 2.79. The number of ether oxygens (including phenoxy) is 2. The highest BCUT2D eigenvalue weighted by Gasteiger charge is 2.34. The molecule has 1 N–H and O–H groups in total. The van der Waals surface area contributed by atoms with Crippen molar-refractivity contribution in [3.05, 3.63) is 71.0 Å². The normalized spacial score (nSPS) is 14.8. The number of fused-ring (bicyclic) bond motifs is 1. The van der Waals surface area contributed by atoms with Crippen molar-refractivity contribution >= 4 is 11.7 Å². The molecule has 4 aromatic rings. The highest BCUT2D eigenvalue weighted by molar-refractivity contribution is 5.95. The van der Waals surface area contributed by atoms with Crippen molar-refractivity contribution < 1.29 is 14.3 Å². The first-order valence-electron chi connectivity index (χ1n) is 12.0. The molecule has 5 rings (SSSR count). The van der Waals surface area contributed by atoms with Crippen molar-refractivity contribution in [1.29, 1.82) is 0 Å². The van der Waals surface area contributed by atoms with Crippen LogP contribution in [0.2, 0.25) is 0 Å². The molecule has 1 aliphatic heterocycles. The lowest BCUT2D eigenvalue weighted by molar-refractivity contribution is -0.116. The Kier molecular flexibility index (Phi) is 6.37. The van der Waals surface area contributed by atoms with E-state index in [9.17, 15) is 4.79 Å². The predicted octanol–water partition coefficient (Wildman–Crippen LogP) is 4.61. The Morgan fingerprint density at radius 1 is 1.11 bits per heavy atom. The van der Waals surface area contributed by atoms with Crippen LogP contribution in [-0.2, 0) is 4.79 Å². The molecule has 1 aliphatic rings. The maximum Gasteiger partial charge on any atom is 0.272 e. The molecule has 1 atom stereocenters. The molecule has 0 saturated carbocycles. The van der Waals surface area contributed by atoms with Crippen LogP contribution in [-0.4, -0.2) is 44.6 Å². The number of benzene rings is 2. The molecule has 0 saturated heterocycles. The number of anilines is 1. The van der Waals surface area contributed by atoms with E-state index < -0.39 is 0 Å². The van der Waals surface area contributed by atoms with Crippen LogP contribution in [0.4, 0.5) is 5.82 Å². The Labute approximate surface area is 209 Å². The number of carbonyl (C=O) groups is 1. The number of amides is 1. The van der Waals surface area contributed by atoms with Crippen molar-refractivity contribution in [1.82, 2.24) is 25.0 Å². The molecule has 2 aromatic carbocycles. The highest BCUT2D eigenvalue weighted by Crippen LogP contribution is 2.42. The highest BCUT2D eigenvalue weighted by atomic mass is 16.5. The van der Waals surface area contributed by atoms with Crippen LogP contribution in [0.1, 0.15) is 48.1 Å². The fourth-order valence-corrected chi connectivity index (χ4v) is 4.46. The molecular weight excluding hydrogens is 456 g/mol. The first-order valence-corrected chi connectivity index (χ1v) is 12.0. The number of hydrogen-bond donors (Lipinski definition) is 1. The van der Waals surface area contributed by atoms with Crippen molar-refractivity contribution in [3.63, 3.8) is 0 Å². The Morgan fingerprint density at radius 2 is 1.92 bits per heavy atom. The van der Waals surface area contributed by atoms with Crippen molar-refractivity contribution in [2.24, 2.45) is 0 Å². The van der Waals surface area contributed by atoms with Gasteiger partial charge in [0.15, 0.2) is 11.5 Å². The Morgan fingerprint density at radius 3 is 2.67 bits per heavy atom. The van der Waals surface area contributed by atoms with Crippen LogP contribution in [0.3, 0.4) is 0 Å². The minimum atomic E-state index is -0.203. The van der Waals surface area contributed by atoms with E-state index in [1.807, 2.05) is 56.3 Å². The molecule has 9 nitrogen and oxygen atoms in total. The van der Waals surface area contributed by atoms with Gasteiger partial charge < -0.3 is 14.8 Å². The molecule has 0 radical (unpaired) electrons. The number of carbonyl (C=O) groups excluding carboxylic acids is 1. The lowest BCUT2D eigenvalue weighted by atomic mass is 9.85. The van der Waals surface area contributed by atoms with Crippen LogP contribution in [0, 0.1) is 13.8 Å². The third kappa shape index (κ3) is 4.39. The monoisotopic (exact) mass is 484 g/mol. The van der Waals surface area contributed by atoms with E-state index in [2.05, 4.69) is 22.4 Å². The van der Waals surface area contributed by atoms with Crippen molar-refractivity contribution in [2.75, 3.05) is 19.0 Å². The van der Waals surface area contributed by atoms with Gasteiger partial charge in [-0.3, -0.25) is 4.79 Å². The van der Waals surface area contributed by atoms with Gasteiger partial charge in [-0.05, 0) is 38.0 Å². The minimum Gasteiger partial charge on any atom is -0.493 e. The smallest absolute Gasteiger partial charge is 0.272 e. The van der Waals surface area contributed by atoms with Crippen LogP contribution in [0.15, 0.2) is 48.7 Å². The van der Waals surface area contributed by atoms with Gasteiger partial charge in [0.05, 0.1) is 31.3 Å². The summed E-state index contributed by atoms with van der Waals surface area (Å²) in [4.78, 5) is 17.5. The van der Waals surface area contributed by atoms with Gasteiger partial charge in [-0.1, -0.05) is 42.8 Å². The summed E-state index contributed by atoms with van der Waals surface area (Å²) >= 11 is 0. The molecule has 0 bridgehead atoms. The average Bonchev–Trinajstić information content (AvgIpc) is 3.23. The average molecular weight is 485 g/mol. The third-order valence-electron chi connectivity index (χ3n) is 6.24. The zero-order valence-electron chi connectivity index (χ0n) is 20.8. The SMILES string of the molecule is CCCOc1cc([C@@H]2CC(=O)Nc3c2c(C)nn3-c2nncc(-c3ccc(C)cc3)n2)ccc1OC. The molecule has 184 valence electrons. The van der Waals surface area contributed by atoms with Gasteiger partial charge in [0.2, 0.25) is 5.91 Å². The number of nitrogens with one attached hydrogen (secondary N) is 1. The van der Waals surface area contributed by atoms with E-state index in [4.69, 9.17) is 19.6 Å².